The smallest absolute Gasteiger partial charge is 0.0906 e. The summed E-state index contributed by atoms with van der Waals surface area (Å²) in [7, 11) is 2.09. The average Bonchev–Trinajstić information content (AvgIpc) is 2.79. The van der Waals surface area contributed by atoms with Gasteiger partial charge in [0, 0.05) is 12.5 Å². The predicted octanol–water partition coefficient (Wildman–Crippen LogP) is 8.98. The number of benzene rings is 2. The van der Waals surface area contributed by atoms with Gasteiger partial charge in [-0.05, 0) is 96.1 Å². The molecule has 0 unspecified atom stereocenters. The molecule has 0 radical (unpaired) electrons. The van der Waals surface area contributed by atoms with Crippen LogP contribution in [-0.4, -0.2) is 11.7 Å². The zero-order valence-corrected chi connectivity index (χ0v) is 21.7. The van der Waals surface area contributed by atoms with Gasteiger partial charge >= 0.3 is 0 Å². The molecule has 0 aliphatic rings. The molecule has 0 N–H and O–H groups in total. The van der Waals surface area contributed by atoms with Gasteiger partial charge in [-0.25, -0.2) is 0 Å². The van der Waals surface area contributed by atoms with Gasteiger partial charge in [-0.2, -0.15) is 0 Å². The van der Waals surface area contributed by atoms with E-state index in [4.69, 9.17) is 5.11 Å². The fraction of sp³-hybridized carbons (Fsp3) is 0.533. The third-order valence-corrected chi connectivity index (χ3v) is 6.49. The zero-order valence-electron chi connectivity index (χ0n) is 21.7. The molecule has 0 aromatic heterocycles. The summed E-state index contributed by atoms with van der Waals surface area (Å²) in [6, 6.07) is 11.5. The van der Waals surface area contributed by atoms with Crippen molar-refractivity contribution in [1.82, 2.24) is 0 Å². The highest BCUT2D eigenvalue weighted by molar-refractivity contribution is 5.54. The molecule has 0 bridgehead atoms. The minimum atomic E-state index is 0.953. The first-order valence-electron chi connectivity index (χ1n) is 12.9. The maximum absolute atomic E-state index is 5.00. The van der Waals surface area contributed by atoms with Gasteiger partial charge in [0.1, 0.15) is 5.69 Å². The molecule has 0 spiro atoms. The van der Waals surface area contributed by atoms with E-state index in [1.807, 2.05) is 0 Å². The first-order chi connectivity index (χ1) is 15.5. The first-order valence-corrected chi connectivity index (χ1v) is 12.9. The molecule has 0 saturated heterocycles. The maximum Gasteiger partial charge on any atom is 0.208 e. The Morgan fingerprint density at radius 2 is 1.53 bits per heavy atom. The quantitative estimate of drug-likeness (QED) is 0.234. The molecular weight excluding hydrogens is 388 g/mol. The topological polar surface area (TPSA) is 15.4 Å². The summed E-state index contributed by atoms with van der Waals surface area (Å²) >= 11 is 0. The van der Waals surface area contributed by atoms with Crippen molar-refractivity contribution in [2.45, 2.75) is 99.3 Å². The molecular formula is C30H45N2+. The Morgan fingerprint density at radius 1 is 0.844 bits per heavy atom. The van der Waals surface area contributed by atoms with Gasteiger partial charge in [-0.15, -0.1) is 0 Å². The molecule has 2 aromatic carbocycles. The maximum atomic E-state index is 5.00. The summed E-state index contributed by atoms with van der Waals surface area (Å²) in [6.45, 7) is 13.5. The van der Waals surface area contributed by atoms with E-state index in [-0.39, 0.29) is 0 Å². The molecule has 0 atom stereocenters. The summed E-state index contributed by atoms with van der Waals surface area (Å²) in [4.78, 5) is 0. The lowest BCUT2D eigenvalue weighted by Gasteiger charge is -2.11. The Hall–Kier alpha value is -2.22. The molecule has 0 heterocycles. The van der Waals surface area contributed by atoms with Crippen LogP contribution in [0.4, 0.5) is 5.69 Å². The third-order valence-electron chi connectivity index (χ3n) is 6.49. The fourth-order valence-corrected chi connectivity index (χ4v) is 4.56. The van der Waals surface area contributed by atoms with E-state index in [9.17, 15) is 0 Å². The predicted molar refractivity (Wildman–Crippen MR) is 140 cm³/mol. The van der Waals surface area contributed by atoms with Crippen LogP contribution in [0.2, 0.25) is 0 Å². The van der Waals surface area contributed by atoms with Gasteiger partial charge < -0.3 is 0 Å². The zero-order chi connectivity index (χ0) is 23.5. The Morgan fingerprint density at radius 3 is 2.12 bits per heavy atom. The molecule has 0 aliphatic carbocycles. The lowest BCUT2D eigenvalue weighted by Crippen LogP contribution is -2.03. The summed E-state index contributed by atoms with van der Waals surface area (Å²) < 4.78 is 2.07. The molecule has 2 nitrogen and oxygen atoms in total. The van der Waals surface area contributed by atoms with Crippen molar-refractivity contribution in [3.8, 4) is 0 Å². The van der Waals surface area contributed by atoms with Gasteiger partial charge in [0.25, 0.3) is 0 Å². The minimum absolute atomic E-state index is 0.953. The Labute approximate surface area is 197 Å². The number of hydrogen-bond donors (Lipinski definition) is 0. The number of unbranched alkanes of at least 4 members (excludes halogenated alkanes) is 2. The molecule has 32 heavy (non-hydrogen) atoms. The van der Waals surface area contributed by atoms with Crippen LogP contribution in [0.1, 0.15) is 100 Å². The molecule has 174 valence electrons. The van der Waals surface area contributed by atoms with Crippen molar-refractivity contribution in [2.24, 2.45) is 5.11 Å². The van der Waals surface area contributed by atoms with Crippen molar-refractivity contribution < 1.29 is 4.70 Å². The van der Waals surface area contributed by atoms with Crippen LogP contribution in [-0.2, 0) is 25.7 Å². The van der Waals surface area contributed by atoms with Crippen molar-refractivity contribution in [3.05, 3.63) is 69.4 Å². The van der Waals surface area contributed by atoms with E-state index in [1.165, 1.54) is 71.2 Å². The molecule has 0 aliphatic heterocycles. The summed E-state index contributed by atoms with van der Waals surface area (Å²) in [5.41, 5.74) is 10.9. The van der Waals surface area contributed by atoms with Crippen molar-refractivity contribution in [2.75, 3.05) is 7.05 Å². The van der Waals surface area contributed by atoms with Gasteiger partial charge in [-0.1, -0.05) is 70.4 Å². The van der Waals surface area contributed by atoms with E-state index in [1.54, 1.807) is 0 Å². The average molecular weight is 434 g/mol. The minimum Gasteiger partial charge on any atom is -0.0906 e. The van der Waals surface area contributed by atoms with Crippen molar-refractivity contribution >= 4 is 11.8 Å². The molecule has 0 fully saturated rings. The molecule has 2 rings (SSSR count). The second-order valence-electron chi connectivity index (χ2n) is 8.96. The largest absolute Gasteiger partial charge is 0.208 e. The van der Waals surface area contributed by atoms with Crippen molar-refractivity contribution in [1.29, 1.82) is 0 Å². The van der Waals surface area contributed by atoms with Crippen LogP contribution < -0.4 is 0 Å². The van der Waals surface area contributed by atoms with E-state index < -0.39 is 0 Å². The van der Waals surface area contributed by atoms with Gasteiger partial charge in [-0.3, -0.25) is 0 Å². The van der Waals surface area contributed by atoms with Crippen LogP contribution in [0.15, 0.2) is 41.1 Å². The summed E-state index contributed by atoms with van der Waals surface area (Å²) in [5.74, 6) is 0. The highest BCUT2D eigenvalue weighted by Gasteiger charge is 2.13. The molecule has 2 heteroatoms. The van der Waals surface area contributed by atoms with Crippen LogP contribution >= 0.6 is 0 Å². The second-order valence-corrected chi connectivity index (χ2v) is 8.96. The highest BCUT2D eigenvalue weighted by Crippen LogP contribution is 2.26. The number of azo groups is 2. The Balaban J connectivity index is 2.39. The van der Waals surface area contributed by atoms with Gasteiger partial charge in [0.05, 0.1) is 0 Å². The fourth-order valence-electron chi connectivity index (χ4n) is 4.56. The summed E-state index contributed by atoms with van der Waals surface area (Å²) in [6.07, 6.45) is 12.7. The van der Waals surface area contributed by atoms with Gasteiger partial charge in [0.2, 0.25) is 5.70 Å². The van der Waals surface area contributed by atoms with E-state index in [0.717, 1.165) is 31.4 Å². The number of aryl methyl sites for hydroxylation is 4. The van der Waals surface area contributed by atoms with Gasteiger partial charge in [0.15, 0.2) is 7.05 Å². The monoisotopic (exact) mass is 433 g/mol. The number of allylic oxidation sites excluding steroid dienone is 1. The molecule has 0 amide bonds. The SMILES string of the molecule is CCCCc1cc(C=C(CC)[N+](C)=Nc2cc(C)c(CC)c(CCCC)c2)ccc1CC. The van der Waals surface area contributed by atoms with E-state index in [0.29, 0.717) is 0 Å². The Kier molecular flexibility index (Phi) is 10.9. The van der Waals surface area contributed by atoms with Crippen LogP contribution in [0, 0.1) is 6.92 Å². The number of nitrogens with zero attached hydrogens (tertiary/aromatic N) is 2. The Bertz CT molecular complexity index is 934. The highest BCUT2D eigenvalue weighted by atomic mass is 15.3. The van der Waals surface area contributed by atoms with E-state index in [2.05, 4.69) is 89.7 Å². The number of rotatable bonds is 12. The van der Waals surface area contributed by atoms with Crippen LogP contribution in [0.25, 0.3) is 6.08 Å². The molecule has 0 saturated carbocycles. The lowest BCUT2D eigenvalue weighted by atomic mass is 9.95. The summed E-state index contributed by atoms with van der Waals surface area (Å²) in [5, 5.41) is 5.00. The normalized spacial score (nSPS) is 12.5. The first kappa shape index (κ1) is 26.0. The molecule has 2 aromatic rings. The lowest BCUT2D eigenvalue weighted by molar-refractivity contribution is -0.512. The third kappa shape index (κ3) is 7.15. The number of hydrogen-bond acceptors (Lipinski definition) is 1. The van der Waals surface area contributed by atoms with Crippen molar-refractivity contribution in [3.63, 3.8) is 0 Å². The van der Waals surface area contributed by atoms with Crippen LogP contribution in [0.5, 0.6) is 0 Å². The second kappa shape index (κ2) is 13.4. The van der Waals surface area contributed by atoms with Crippen LogP contribution in [0.3, 0.4) is 0 Å². The van der Waals surface area contributed by atoms with E-state index >= 15 is 0 Å². The standard InChI is InChI=1S/C30H45N2/c1-8-13-15-26-20-24(17-18-25(26)10-3)21-29(11-4)32(7)31-28-19-23(6)30(12-5)27(22-28)16-14-9-2/h17-22H,8-16H2,1-7H3/q+1.